The van der Waals surface area contributed by atoms with E-state index in [1.54, 1.807) is 45.0 Å². The first-order valence-corrected chi connectivity index (χ1v) is 14.8. The lowest BCUT2D eigenvalue weighted by molar-refractivity contribution is -0.307. The van der Waals surface area contributed by atoms with E-state index in [1.807, 2.05) is 19.1 Å². The molecule has 10 atom stereocenters. The molecule has 0 aliphatic heterocycles. The molecular formula is C33H41NO9. The van der Waals surface area contributed by atoms with Crippen LogP contribution in [0.4, 0.5) is 0 Å². The van der Waals surface area contributed by atoms with Gasteiger partial charge in [-0.1, -0.05) is 52.0 Å². The van der Waals surface area contributed by atoms with Crippen molar-refractivity contribution in [2.45, 2.75) is 70.9 Å². The van der Waals surface area contributed by atoms with Crippen LogP contribution in [-0.2, 0) is 16.0 Å². The van der Waals surface area contributed by atoms with Gasteiger partial charge in [0.1, 0.15) is 23.5 Å². The maximum atomic E-state index is 14.3. The standard InChI is InChI=1S/C33H41NO9/c1-6-43-17-12-10-16(11-13-17)14-19-18-8-7-9-20(35)21(18)25(36)24-28(39)33(42)27(38)22(29(34)40)26(37)23(15(2)3)32(33,5)30(41)31(19,24)4/h7-13,15,19,22-24,26,28,30,35,37,39,41-42H,6,14H2,1-5H3,(H2,34,40)/t19-,22-,23+,24-,26?,28?,30-,31+,32+,33+/m1/s1. The van der Waals surface area contributed by atoms with Crippen LogP contribution in [0.1, 0.15) is 62.0 Å². The number of Topliss-reactive ketones (excluding diaryl/α,β-unsaturated/α-hetero) is 2. The molecule has 7 N–H and O–H groups in total. The van der Waals surface area contributed by atoms with Crippen molar-refractivity contribution in [3.05, 3.63) is 59.2 Å². The molecule has 3 aliphatic rings. The highest BCUT2D eigenvalue weighted by atomic mass is 16.5. The van der Waals surface area contributed by atoms with Gasteiger partial charge < -0.3 is 36.0 Å². The third kappa shape index (κ3) is 3.96. The molecule has 2 unspecified atom stereocenters. The Balaban J connectivity index is 1.77. The maximum absolute atomic E-state index is 14.3. The number of primary amides is 1. The molecule has 1 amide bonds. The number of ether oxygens (including phenoxy) is 1. The molecule has 0 bridgehead atoms. The van der Waals surface area contributed by atoms with Crippen molar-refractivity contribution in [2.75, 3.05) is 6.61 Å². The number of hydrogen-bond acceptors (Lipinski definition) is 9. The number of hydrogen-bond donors (Lipinski definition) is 6. The van der Waals surface area contributed by atoms with E-state index in [-0.39, 0.29) is 17.7 Å². The largest absolute Gasteiger partial charge is 0.507 e. The van der Waals surface area contributed by atoms with Crippen molar-refractivity contribution in [3.63, 3.8) is 0 Å². The normalized spacial score (nSPS) is 38.7. The molecule has 2 saturated carbocycles. The topological polar surface area (TPSA) is 188 Å². The molecule has 0 aromatic heterocycles. The third-order valence-electron chi connectivity index (χ3n) is 10.9. The minimum absolute atomic E-state index is 0.0606. The molecule has 10 nitrogen and oxygen atoms in total. The predicted octanol–water partition coefficient (Wildman–Crippen LogP) is 1.73. The Labute approximate surface area is 250 Å². The van der Waals surface area contributed by atoms with E-state index in [0.29, 0.717) is 17.9 Å². The fourth-order valence-electron chi connectivity index (χ4n) is 9.00. The summed E-state index contributed by atoms with van der Waals surface area (Å²) in [6.07, 6.45) is -5.14. The highest BCUT2D eigenvalue weighted by Gasteiger charge is 2.80. The van der Waals surface area contributed by atoms with Crippen molar-refractivity contribution in [1.82, 2.24) is 0 Å². The number of carbonyl (C=O) groups is 3. The van der Waals surface area contributed by atoms with Gasteiger partial charge in [-0.25, -0.2) is 0 Å². The van der Waals surface area contributed by atoms with Crippen molar-refractivity contribution < 1.29 is 44.7 Å². The number of benzene rings is 2. The Morgan fingerprint density at radius 3 is 2.23 bits per heavy atom. The number of aliphatic hydroxyl groups is 4. The summed E-state index contributed by atoms with van der Waals surface area (Å²) in [4.78, 5) is 40.7. The molecular weight excluding hydrogens is 554 g/mol. The molecule has 43 heavy (non-hydrogen) atoms. The van der Waals surface area contributed by atoms with E-state index >= 15 is 0 Å². The first kappa shape index (κ1) is 31.1. The van der Waals surface area contributed by atoms with Crippen molar-refractivity contribution in [1.29, 1.82) is 0 Å². The zero-order chi connectivity index (χ0) is 31.8. The molecule has 2 aromatic rings. The second-order valence-corrected chi connectivity index (χ2v) is 13.2. The van der Waals surface area contributed by atoms with Gasteiger partial charge in [-0.15, -0.1) is 0 Å². The van der Waals surface area contributed by atoms with Gasteiger partial charge in [0.2, 0.25) is 5.91 Å². The summed E-state index contributed by atoms with van der Waals surface area (Å²) in [5, 5.41) is 59.3. The lowest BCUT2D eigenvalue weighted by Gasteiger charge is -2.69. The number of ketones is 2. The van der Waals surface area contributed by atoms with E-state index in [4.69, 9.17) is 10.5 Å². The third-order valence-corrected chi connectivity index (χ3v) is 10.9. The molecule has 10 heteroatoms. The zero-order valence-electron chi connectivity index (χ0n) is 25.0. The molecule has 0 saturated heterocycles. The maximum Gasteiger partial charge on any atom is 0.230 e. The number of fused-ring (bicyclic) bond motifs is 3. The smallest absolute Gasteiger partial charge is 0.230 e. The van der Waals surface area contributed by atoms with Crippen LogP contribution in [0.15, 0.2) is 42.5 Å². The molecule has 2 aromatic carbocycles. The van der Waals surface area contributed by atoms with Crippen LogP contribution in [-0.4, -0.2) is 73.5 Å². The van der Waals surface area contributed by atoms with E-state index in [2.05, 4.69) is 0 Å². The quantitative estimate of drug-likeness (QED) is 0.270. The number of aliphatic hydroxyl groups excluding tert-OH is 3. The number of amides is 1. The Hall–Kier alpha value is -3.31. The number of rotatable bonds is 6. The van der Waals surface area contributed by atoms with Gasteiger partial charge in [-0.3, -0.25) is 14.4 Å². The summed E-state index contributed by atoms with van der Waals surface area (Å²) in [5.41, 5.74) is 0.494. The molecule has 2 fully saturated rings. The minimum atomic E-state index is -2.83. The second kappa shape index (κ2) is 10.4. The summed E-state index contributed by atoms with van der Waals surface area (Å²) < 4.78 is 5.57. The second-order valence-electron chi connectivity index (χ2n) is 13.2. The van der Waals surface area contributed by atoms with Crippen LogP contribution in [0.3, 0.4) is 0 Å². The van der Waals surface area contributed by atoms with Gasteiger partial charge in [-0.05, 0) is 60.4 Å². The number of phenols is 1. The van der Waals surface area contributed by atoms with E-state index in [0.717, 1.165) is 5.56 Å². The summed E-state index contributed by atoms with van der Waals surface area (Å²) in [5.74, 6) is -8.53. The first-order valence-electron chi connectivity index (χ1n) is 14.8. The fraction of sp³-hybridized carbons (Fsp3) is 0.545. The van der Waals surface area contributed by atoms with Crippen LogP contribution >= 0.6 is 0 Å². The lowest BCUT2D eigenvalue weighted by atomic mass is 9.36. The van der Waals surface area contributed by atoms with E-state index in [1.165, 1.54) is 13.0 Å². The van der Waals surface area contributed by atoms with Crippen LogP contribution in [0.5, 0.6) is 11.5 Å². The molecule has 0 heterocycles. The average Bonchev–Trinajstić information content (AvgIpc) is 2.93. The Bertz CT molecular complexity index is 1460. The average molecular weight is 596 g/mol. The van der Waals surface area contributed by atoms with Crippen LogP contribution < -0.4 is 10.5 Å². The number of carbonyl (C=O) groups excluding carboxylic acids is 3. The predicted molar refractivity (Wildman–Crippen MR) is 155 cm³/mol. The van der Waals surface area contributed by atoms with Gasteiger partial charge >= 0.3 is 0 Å². The van der Waals surface area contributed by atoms with Crippen LogP contribution in [0.25, 0.3) is 0 Å². The molecule has 0 radical (unpaired) electrons. The van der Waals surface area contributed by atoms with Crippen LogP contribution in [0, 0.1) is 34.5 Å². The Morgan fingerprint density at radius 1 is 1.05 bits per heavy atom. The number of nitrogens with two attached hydrogens (primary N) is 1. The summed E-state index contributed by atoms with van der Waals surface area (Å²) in [6.45, 7) is 8.88. The zero-order valence-corrected chi connectivity index (χ0v) is 25.0. The monoisotopic (exact) mass is 595 g/mol. The van der Waals surface area contributed by atoms with Gasteiger partial charge in [0.15, 0.2) is 17.2 Å². The highest BCUT2D eigenvalue weighted by molar-refractivity contribution is 6.09. The van der Waals surface area contributed by atoms with Gasteiger partial charge in [-0.2, -0.15) is 0 Å². The fourth-order valence-corrected chi connectivity index (χ4v) is 9.00. The number of aromatic hydroxyl groups is 1. The molecule has 232 valence electrons. The lowest BCUT2D eigenvalue weighted by Crippen LogP contribution is -2.83. The van der Waals surface area contributed by atoms with Gasteiger partial charge in [0.05, 0.1) is 30.3 Å². The number of phenolic OH excluding ortho intramolecular Hbond substituents is 1. The molecule has 5 rings (SSSR count). The van der Waals surface area contributed by atoms with Gasteiger partial charge in [0.25, 0.3) is 0 Å². The van der Waals surface area contributed by atoms with Crippen molar-refractivity contribution >= 4 is 17.5 Å². The van der Waals surface area contributed by atoms with Gasteiger partial charge in [0, 0.05) is 10.8 Å². The SMILES string of the molecule is CCOc1ccc(C[C@@H]2c3cccc(O)c3C(=O)[C@@H]3C(O)[C@@]4(O)C(=O)[C@H](C(N)=O)C(O)[C@H](C(C)C)[C@@]4(C)[C@H](O)[C@@]23C)cc1. The summed E-state index contributed by atoms with van der Waals surface area (Å²) >= 11 is 0. The van der Waals surface area contributed by atoms with Crippen molar-refractivity contribution in [2.24, 2.45) is 40.2 Å². The van der Waals surface area contributed by atoms with E-state index < -0.39 is 81.8 Å². The van der Waals surface area contributed by atoms with Crippen LogP contribution in [0.2, 0.25) is 0 Å². The molecule has 3 aliphatic carbocycles. The first-order chi connectivity index (χ1) is 20.1. The molecule has 0 spiro atoms. The summed E-state index contributed by atoms with van der Waals surface area (Å²) in [7, 11) is 0. The Morgan fingerprint density at radius 2 is 1.67 bits per heavy atom. The summed E-state index contributed by atoms with van der Waals surface area (Å²) in [6, 6.07) is 12.0. The minimum Gasteiger partial charge on any atom is -0.507 e. The highest BCUT2D eigenvalue weighted by Crippen LogP contribution is 2.68. The van der Waals surface area contributed by atoms with E-state index in [9.17, 15) is 39.9 Å². The Kier molecular flexibility index (Phi) is 7.53. The van der Waals surface area contributed by atoms with Crippen molar-refractivity contribution in [3.8, 4) is 11.5 Å².